The van der Waals surface area contributed by atoms with Gasteiger partial charge in [-0.2, -0.15) is 0 Å². The lowest BCUT2D eigenvalue weighted by molar-refractivity contribution is -0.114. The number of pyridine rings is 1. The lowest BCUT2D eigenvalue weighted by Gasteiger charge is -2.12. The molecular formula is C15H18ClN3O. The molecule has 0 aliphatic carbocycles. The number of nitrogens with one attached hydrogen (secondary N) is 2. The van der Waals surface area contributed by atoms with Gasteiger partial charge in [0.2, 0.25) is 5.91 Å². The van der Waals surface area contributed by atoms with Gasteiger partial charge in [0.05, 0.1) is 6.54 Å². The molecule has 0 fully saturated rings. The Kier molecular flexibility index (Phi) is 6.00. The van der Waals surface area contributed by atoms with Crippen molar-refractivity contribution in [1.29, 1.82) is 0 Å². The number of carbonyl (C=O) groups excluding carboxylic acids is 1. The molecule has 1 heterocycles. The number of amides is 1. The number of halogens is 1. The van der Waals surface area contributed by atoms with Crippen LogP contribution >= 0.6 is 12.4 Å². The fourth-order valence-electron chi connectivity index (χ4n) is 1.83. The molecule has 0 aliphatic rings. The van der Waals surface area contributed by atoms with E-state index in [1.807, 2.05) is 50.2 Å². The van der Waals surface area contributed by atoms with Crippen LogP contribution in [-0.4, -0.2) is 17.4 Å². The summed E-state index contributed by atoms with van der Waals surface area (Å²) < 4.78 is 0. The number of para-hydroxylation sites is 1. The zero-order valence-electron chi connectivity index (χ0n) is 11.5. The molecule has 106 valence electrons. The monoisotopic (exact) mass is 291 g/mol. The molecule has 4 nitrogen and oxygen atoms in total. The quantitative estimate of drug-likeness (QED) is 0.910. The van der Waals surface area contributed by atoms with Crippen LogP contribution in [0.1, 0.15) is 11.1 Å². The molecule has 5 heteroatoms. The van der Waals surface area contributed by atoms with Crippen LogP contribution in [0.25, 0.3) is 0 Å². The fraction of sp³-hybridized carbons (Fsp3) is 0.200. The Morgan fingerprint density at radius 3 is 2.40 bits per heavy atom. The zero-order chi connectivity index (χ0) is 13.7. The number of anilines is 2. The molecule has 1 aromatic carbocycles. The fourth-order valence-corrected chi connectivity index (χ4v) is 1.83. The number of aryl methyl sites for hydroxylation is 2. The molecule has 0 unspecified atom stereocenters. The molecule has 0 saturated carbocycles. The first-order valence-electron chi connectivity index (χ1n) is 6.18. The van der Waals surface area contributed by atoms with Crippen LogP contribution in [0.3, 0.4) is 0 Å². The first-order valence-corrected chi connectivity index (χ1v) is 6.18. The van der Waals surface area contributed by atoms with Crippen molar-refractivity contribution in [3.05, 3.63) is 53.7 Å². The minimum atomic E-state index is -0.0805. The SMILES string of the molecule is Cc1cccc(C)c1NC(=O)CNc1ccccn1.Cl. The Hall–Kier alpha value is -2.07. The predicted molar refractivity (Wildman–Crippen MR) is 84.5 cm³/mol. The van der Waals surface area contributed by atoms with Gasteiger partial charge in [-0.15, -0.1) is 12.4 Å². The highest BCUT2D eigenvalue weighted by molar-refractivity contribution is 5.95. The molecule has 20 heavy (non-hydrogen) atoms. The van der Waals surface area contributed by atoms with Gasteiger partial charge >= 0.3 is 0 Å². The van der Waals surface area contributed by atoms with Gasteiger partial charge < -0.3 is 10.6 Å². The largest absolute Gasteiger partial charge is 0.361 e. The van der Waals surface area contributed by atoms with E-state index < -0.39 is 0 Å². The van der Waals surface area contributed by atoms with Gasteiger partial charge in [-0.25, -0.2) is 4.98 Å². The van der Waals surface area contributed by atoms with Gasteiger partial charge in [-0.1, -0.05) is 24.3 Å². The summed E-state index contributed by atoms with van der Waals surface area (Å²) >= 11 is 0. The number of hydrogen-bond acceptors (Lipinski definition) is 3. The van der Waals surface area contributed by atoms with Gasteiger partial charge in [-0.3, -0.25) is 4.79 Å². The van der Waals surface area contributed by atoms with Crippen LogP contribution in [0, 0.1) is 13.8 Å². The van der Waals surface area contributed by atoms with Crippen molar-refractivity contribution in [2.45, 2.75) is 13.8 Å². The van der Waals surface area contributed by atoms with Crippen molar-refractivity contribution in [3.8, 4) is 0 Å². The summed E-state index contributed by atoms with van der Waals surface area (Å²) in [6.07, 6.45) is 1.69. The topological polar surface area (TPSA) is 54.0 Å². The molecule has 0 radical (unpaired) electrons. The third kappa shape index (κ3) is 4.24. The number of aromatic nitrogens is 1. The zero-order valence-corrected chi connectivity index (χ0v) is 12.3. The second kappa shape index (κ2) is 7.50. The van der Waals surface area contributed by atoms with Crippen LogP contribution in [-0.2, 0) is 4.79 Å². The predicted octanol–water partition coefficient (Wildman–Crippen LogP) is 3.17. The van der Waals surface area contributed by atoms with Gasteiger partial charge in [0.15, 0.2) is 0 Å². The van der Waals surface area contributed by atoms with E-state index in [0.717, 1.165) is 16.8 Å². The molecule has 1 amide bonds. The summed E-state index contributed by atoms with van der Waals surface area (Å²) in [5, 5.41) is 5.90. The van der Waals surface area contributed by atoms with Crippen molar-refractivity contribution in [2.24, 2.45) is 0 Å². The normalized spacial score (nSPS) is 9.50. The molecule has 2 N–H and O–H groups in total. The summed E-state index contributed by atoms with van der Waals surface area (Å²) in [4.78, 5) is 16.0. The number of benzene rings is 1. The average Bonchev–Trinajstić information content (AvgIpc) is 2.42. The number of nitrogens with zero attached hydrogens (tertiary/aromatic N) is 1. The summed E-state index contributed by atoms with van der Waals surface area (Å²) in [6.45, 7) is 4.16. The Bertz CT molecular complexity index is 552. The van der Waals surface area contributed by atoms with Gasteiger partial charge in [0.25, 0.3) is 0 Å². The molecule has 0 saturated heterocycles. The summed E-state index contributed by atoms with van der Waals surface area (Å²) in [7, 11) is 0. The van der Waals surface area contributed by atoms with E-state index in [4.69, 9.17) is 0 Å². The average molecular weight is 292 g/mol. The Balaban J connectivity index is 0.00000200. The maximum atomic E-state index is 11.9. The molecule has 1 aromatic heterocycles. The van der Waals surface area contributed by atoms with E-state index in [-0.39, 0.29) is 24.9 Å². The Labute approximate surface area is 125 Å². The van der Waals surface area contributed by atoms with Crippen LogP contribution in [0.5, 0.6) is 0 Å². The third-order valence-electron chi connectivity index (χ3n) is 2.84. The molecular weight excluding hydrogens is 274 g/mol. The molecule has 0 bridgehead atoms. The van der Waals surface area contributed by atoms with Crippen molar-refractivity contribution < 1.29 is 4.79 Å². The lowest BCUT2D eigenvalue weighted by atomic mass is 10.1. The highest BCUT2D eigenvalue weighted by Gasteiger charge is 2.06. The van der Waals surface area contributed by atoms with E-state index in [1.54, 1.807) is 6.20 Å². The van der Waals surface area contributed by atoms with E-state index >= 15 is 0 Å². The van der Waals surface area contributed by atoms with E-state index in [0.29, 0.717) is 5.82 Å². The Morgan fingerprint density at radius 2 is 1.80 bits per heavy atom. The number of hydrogen-bond donors (Lipinski definition) is 2. The van der Waals surface area contributed by atoms with Crippen molar-refractivity contribution >= 4 is 29.8 Å². The minimum Gasteiger partial charge on any atom is -0.361 e. The van der Waals surface area contributed by atoms with Crippen LogP contribution in [0.2, 0.25) is 0 Å². The van der Waals surface area contributed by atoms with E-state index in [1.165, 1.54) is 0 Å². The molecule has 0 atom stereocenters. The summed E-state index contributed by atoms with van der Waals surface area (Å²) in [6, 6.07) is 11.5. The second-order valence-corrected chi connectivity index (χ2v) is 4.38. The molecule has 0 aliphatic heterocycles. The third-order valence-corrected chi connectivity index (χ3v) is 2.84. The van der Waals surface area contributed by atoms with Gasteiger partial charge in [0, 0.05) is 11.9 Å². The molecule has 2 aromatic rings. The second-order valence-electron chi connectivity index (χ2n) is 4.38. The maximum absolute atomic E-state index is 11.9. The van der Waals surface area contributed by atoms with Crippen molar-refractivity contribution in [2.75, 3.05) is 17.2 Å². The van der Waals surface area contributed by atoms with Crippen LogP contribution in [0.15, 0.2) is 42.6 Å². The van der Waals surface area contributed by atoms with E-state index in [9.17, 15) is 4.79 Å². The first-order chi connectivity index (χ1) is 9.16. The molecule has 2 rings (SSSR count). The highest BCUT2D eigenvalue weighted by atomic mass is 35.5. The standard InChI is InChI=1S/C15H17N3O.ClH/c1-11-6-5-7-12(2)15(11)18-14(19)10-17-13-8-3-4-9-16-13;/h3-9H,10H2,1-2H3,(H,16,17)(H,18,19);1H. The van der Waals surface area contributed by atoms with Gasteiger partial charge in [0.1, 0.15) is 5.82 Å². The lowest BCUT2D eigenvalue weighted by Crippen LogP contribution is -2.23. The van der Waals surface area contributed by atoms with Crippen LogP contribution in [0.4, 0.5) is 11.5 Å². The molecule has 0 spiro atoms. The first kappa shape index (κ1) is 16.0. The smallest absolute Gasteiger partial charge is 0.243 e. The summed E-state index contributed by atoms with van der Waals surface area (Å²) in [5.41, 5.74) is 3.01. The van der Waals surface area contributed by atoms with Crippen molar-refractivity contribution in [3.63, 3.8) is 0 Å². The van der Waals surface area contributed by atoms with Crippen molar-refractivity contribution in [1.82, 2.24) is 4.98 Å². The number of carbonyl (C=O) groups is 1. The Morgan fingerprint density at radius 1 is 1.10 bits per heavy atom. The minimum absolute atomic E-state index is 0. The van der Waals surface area contributed by atoms with Crippen LogP contribution < -0.4 is 10.6 Å². The maximum Gasteiger partial charge on any atom is 0.243 e. The number of rotatable bonds is 4. The summed E-state index contributed by atoms with van der Waals surface area (Å²) in [5.74, 6) is 0.613. The highest BCUT2D eigenvalue weighted by Crippen LogP contribution is 2.19. The van der Waals surface area contributed by atoms with E-state index in [2.05, 4.69) is 15.6 Å². The van der Waals surface area contributed by atoms with Gasteiger partial charge in [-0.05, 0) is 37.1 Å².